The molecule has 3 aromatic rings. The Morgan fingerprint density at radius 1 is 1.02 bits per heavy atom. The van der Waals surface area contributed by atoms with E-state index < -0.39 is 11.7 Å². The molecule has 2 aliphatic heterocycles. The highest BCUT2D eigenvalue weighted by molar-refractivity contribution is 5.84. The monoisotopic (exact) mass is 592 g/mol. The van der Waals surface area contributed by atoms with Crippen LogP contribution < -0.4 is 16.0 Å². The smallest absolute Gasteiger partial charge is 0.411 e. The Bertz CT molecular complexity index is 1380. The number of methoxy groups -OCH3 is 1. The number of imidazole rings is 1. The molecule has 3 atom stereocenters. The van der Waals surface area contributed by atoms with Gasteiger partial charge in [0.1, 0.15) is 17.2 Å². The van der Waals surface area contributed by atoms with Crippen molar-refractivity contribution in [1.29, 1.82) is 0 Å². The van der Waals surface area contributed by atoms with E-state index >= 15 is 0 Å². The highest BCUT2D eigenvalue weighted by atomic mass is 19.1. The molecule has 43 heavy (non-hydrogen) atoms. The maximum atomic E-state index is 13.9. The zero-order valence-electron chi connectivity index (χ0n) is 25.2. The Morgan fingerprint density at radius 3 is 2.37 bits per heavy atom. The lowest BCUT2D eigenvalue weighted by Crippen LogP contribution is -2.54. The van der Waals surface area contributed by atoms with E-state index in [0.29, 0.717) is 5.69 Å². The third-order valence-electron chi connectivity index (χ3n) is 8.08. The molecular formula is C32H41FN6O4. The summed E-state index contributed by atoms with van der Waals surface area (Å²) in [6, 6.07) is 14.5. The zero-order valence-corrected chi connectivity index (χ0v) is 25.2. The van der Waals surface area contributed by atoms with E-state index in [4.69, 9.17) is 9.72 Å². The lowest BCUT2D eigenvalue weighted by Gasteiger charge is -2.44. The lowest BCUT2D eigenvalue weighted by molar-refractivity contribution is 0.0456. The number of H-pyrrole nitrogens is 1. The van der Waals surface area contributed by atoms with Crippen LogP contribution in [0.25, 0.3) is 11.3 Å². The Balaban J connectivity index is 1.26. The van der Waals surface area contributed by atoms with Crippen LogP contribution in [-0.2, 0) is 9.47 Å². The summed E-state index contributed by atoms with van der Waals surface area (Å²) < 4.78 is 23.9. The van der Waals surface area contributed by atoms with Gasteiger partial charge in [0.2, 0.25) is 0 Å². The van der Waals surface area contributed by atoms with Crippen molar-refractivity contribution in [2.24, 2.45) is 0 Å². The number of carbonyl (C=O) groups excluding carboxylic acids is 2. The summed E-state index contributed by atoms with van der Waals surface area (Å²) in [5.41, 5.74) is 2.97. The predicted octanol–water partition coefficient (Wildman–Crippen LogP) is 5.57. The van der Waals surface area contributed by atoms with Gasteiger partial charge in [-0.05, 0) is 75.4 Å². The normalized spacial score (nSPS) is 21.7. The molecule has 2 amide bonds. The second-order valence-electron chi connectivity index (χ2n) is 12.3. The van der Waals surface area contributed by atoms with Crippen molar-refractivity contribution in [1.82, 2.24) is 25.5 Å². The van der Waals surface area contributed by atoms with Crippen LogP contribution in [0.5, 0.6) is 0 Å². The van der Waals surface area contributed by atoms with Gasteiger partial charge in [-0.25, -0.2) is 19.0 Å². The minimum Gasteiger partial charge on any atom is -0.453 e. The number of carbonyl (C=O) groups is 2. The van der Waals surface area contributed by atoms with Crippen LogP contribution in [0.3, 0.4) is 0 Å². The van der Waals surface area contributed by atoms with Gasteiger partial charge in [-0.2, -0.15) is 0 Å². The van der Waals surface area contributed by atoms with Crippen LogP contribution in [-0.4, -0.2) is 71.5 Å². The molecule has 0 radical (unpaired) electrons. The van der Waals surface area contributed by atoms with Crippen LogP contribution in [0.1, 0.15) is 63.4 Å². The largest absolute Gasteiger partial charge is 0.453 e. The fourth-order valence-electron chi connectivity index (χ4n) is 5.95. The second kappa shape index (κ2) is 13.1. The number of ether oxygens (including phenoxy) is 2. The number of likely N-dealkylation sites (tertiary alicyclic amines) is 1. The maximum absolute atomic E-state index is 13.9. The number of hydrogen-bond acceptors (Lipinski definition) is 7. The quantitative estimate of drug-likeness (QED) is 0.295. The number of hydrogen-bond donors (Lipinski definition) is 4. The van der Waals surface area contributed by atoms with Crippen LogP contribution in [0.15, 0.2) is 54.7 Å². The number of aromatic nitrogens is 2. The minimum atomic E-state index is -0.521. The standard InChI is InChI=1S/C32H41FN6O4/c1-32(2,3)43-31(41)37-24-13-15-39(16-14-24)25-17-26(20-5-9-22(33)10-6-20)28(34-18-25)29-35-19-27(38-29)21-7-11-23(12-8-21)36-30(40)42-4/h5-12,19,24-26,28,34H,13-18H2,1-4H3,(H,35,38)(H,36,40)(H,37,41). The van der Waals surface area contributed by atoms with E-state index in [1.54, 1.807) is 0 Å². The Labute approximate surface area is 251 Å². The molecular weight excluding hydrogens is 551 g/mol. The Hall–Kier alpha value is -3.96. The molecule has 0 bridgehead atoms. The highest BCUT2D eigenvalue weighted by Crippen LogP contribution is 2.39. The minimum absolute atomic E-state index is 0.0718. The van der Waals surface area contributed by atoms with Gasteiger partial charge in [0, 0.05) is 43.3 Å². The van der Waals surface area contributed by atoms with Crippen molar-refractivity contribution in [3.8, 4) is 11.3 Å². The molecule has 3 heterocycles. The third-order valence-corrected chi connectivity index (χ3v) is 8.08. The predicted molar refractivity (Wildman–Crippen MR) is 162 cm³/mol. The molecule has 2 saturated heterocycles. The van der Waals surface area contributed by atoms with Gasteiger partial charge in [0.15, 0.2) is 0 Å². The number of piperidine rings is 2. The van der Waals surface area contributed by atoms with Gasteiger partial charge < -0.3 is 25.1 Å². The summed E-state index contributed by atoms with van der Waals surface area (Å²) in [4.78, 5) is 34.5. The number of rotatable bonds is 6. The van der Waals surface area contributed by atoms with E-state index in [1.807, 2.05) is 63.4 Å². The molecule has 1 aromatic heterocycles. The van der Waals surface area contributed by atoms with Crippen molar-refractivity contribution in [3.05, 3.63) is 71.9 Å². The molecule has 2 fully saturated rings. The van der Waals surface area contributed by atoms with E-state index in [9.17, 15) is 14.0 Å². The van der Waals surface area contributed by atoms with Gasteiger partial charge in [-0.3, -0.25) is 10.2 Å². The molecule has 0 spiro atoms. The molecule has 5 rings (SSSR count). The van der Waals surface area contributed by atoms with Crippen LogP contribution in [0, 0.1) is 5.82 Å². The number of benzene rings is 2. The first-order valence-electron chi connectivity index (χ1n) is 14.8. The summed E-state index contributed by atoms with van der Waals surface area (Å²) in [7, 11) is 1.32. The molecule has 0 saturated carbocycles. The average molecular weight is 593 g/mol. The SMILES string of the molecule is COC(=O)Nc1ccc(-c2cnc(C3NCC(N4CCC(NC(=O)OC(C)(C)C)CC4)CC3c3ccc(F)cc3)[nH]2)cc1. The molecule has 2 aliphatic rings. The van der Waals surface area contributed by atoms with Gasteiger partial charge in [-0.15, -0.1) is 0 Å². The van der Waals surface area contributed by atoms with E-state index in [2.05, 4.69) is 30.6 Å². The molecule has 230 valence electrons. The molecule has 2 aromatic carbocycles. The summed E-state index contributed by atoms with van der Waals surface area (Å²) in [6.45, 7) is 8.13. The van der Waals surface area contributed by atoms with Crippen LogP contribution in [0.2, 0.25) is 0 Å². The first-order valence-corrected chi connectivity index (χ1v) is 14.8. The summed E-state index contributed by atoms with van der Waals surface area (Å²) in [6.07, 6.45) is 3.53. The third kappa shape index (κ3) is 7.91. The first kappa shape index (κ1) is 30.5. The number of halogens is 1. The van der Waals surface area contributed by atoms with Crippen LogP contribution >= 0.6 is 0 Å². The van der Waals surface area contributed by atoms with Crippen molar-refractivity contribution in [2.45, 2.75) is 69.7 Å². The van der Waals surface area contributed by atoms with E-state index in [0.717, 1.165) is 61.5 Å². The molecule has 4 N–H and O–H groups in total. The number of nitrogens with one attached hydrogen (secondary N) is 4. The van der Waals surface area contributed by atoms with Crippen molar-refractivity contribution >= 4 is 17.9 Å². The van der Waals surface area contributed by atoms with E-state index in [1.165, 1.54) is 19.2 Å². The fraction of sp³-hybridized carbons (Fsp3) is 0.469. The second-order valence-corrected chi connectivity index (χ2v) is 12.3. The number of anilines is 1. The molecule has 0 aliphatic carbocycles. The van der Waals surface area contributed by atoms with Gasteiger partial charge >= 0.3 is 12.2 Å². The summed E-state index contributed by atoms with van der Waals surface area (Å²) >= 11 is 0. The molecule has 11 heteroatoms. The first-order chi connectivity index (χ1) is 20.6. The number of aromatic amines is 1. The number of nitrogens with zero attached hydrogens (tertiary/aromatic N) is 2. The van der Waals surface area contributed by atoms with Crippen LogP contribution in [0.4, 0.5) is 19.7 Å². The Morgan fingerprint density at radius 2 is 1.72 bits per heavy atom. The average Bonchev–Trinajstić information content (AvgIpc) is 3.47. The van der Waals surface area contributed by atoms with Gasteiger partial charge in [-0.1, -0.05) is 24.3 Å². The summed E-state index contributed by atoms with van der Waals surface area (Å²) in [5.74, 6) is 0.632. The fourth-order valence-corrected chi connectivity index (χ4v) is 5.95. The molecule has 3 unspecified atom stereocenters. The zero-order chi connectivity index (χ0) is 30.6. The maximum Gasteiger partial charge on any atom is 0.411 e. The van der Waals surface area contributed by atoms with Crippen molar-refractivity contribution < 1.29 is 23.5 Å². The highest BCUT2D eigenvalue weighted by Gasteiger charge is 2.37. The van der Waals surface area contributed by atoms with Gasteiger partial charge in [0.25, 0.3) is 0 Å². The lowest BCUT2D eigenvalue weighted by atomic mass is 9.81. The van der Waals surface area contributed by atoms with Crippen molar-refractivity contribution in [2.75, 3.05) is 32.1 Å². The van der Waals surface area contributed by atoms with Crippen molar-refractivity contribution in [3.63, 3.8) is 0 Å². The summed E-state index contributed by atoms with van der Waals surface area (Å²) in [5, 5.41) is 9.41. The topological polar surface area (TPSA) is 121 Å². The molecule has 10 nitrogen and oxygen atoms in total. The number of alkyl carbamates (subject to hydrolysis) is 1. The Kier molecular flexibility index (Phi) is 9.31. The van der Waals surface area contributed by atoms with E-state index in [-0.39, 0.29) is 36.0 Å². The number of amides is 2. The van der Waals surface area contributed by atoms with Gasteiger partial charge in [0.05, 0.1) is 25.0 Å².